The monoisotopic (exact) mass is 381 g/mol. The van der Waals surface area contributed by atoms with Crippen molar-refractivity contribution in [1.29, 1.82) is 0 Å². The molecule has 0 spiro atoms. The van der Waals surface area contributed by atoms with Gasteiger partial charge in [-0.2, -0.15) is 0 Å². The van der Waals surface area contributed by atoms with Gasteiger partial charge in [0.25, 0.3) is 0 Å². The number of nitrogens with one attached hydrogen (secondary N) is 2. The van der Waals surface area contributed by atoms with E-state index in [-0.39, 0.29) is 0 Å². The van der Waals surface area contributed by atoms with E-state index in [1.807, 2.05) is 74.8 Å². The molecule has 0 unspecified atom stereocenters. The van der Waals surface area contributed by atoms with E-state index in [4.69, 9.17) is 11.6 Å². The van der Waals surface area contributed by atoms with E-state index >= 15 is 0 Å². The summed E-state index contributed by atoms with van der Waals surface area (Å²) in [5, 5.41) is 7.49. The lowest BCUT2D eigenvalue weighted by Gasteiger charge is -2.14. The van der Waals surface area contributed by atoms with Crippen molar-refractivity contribution in [3.63, 3.8) is 0 Å². The molecule has 0 aliphatic carbocycles. The fraction of sp³-hybridized carbons (Fsp3) is 0.238. The fourth-order valence-electron chi connectivity index (χ4n) is 2.58. The molecule has 0 saturated heterocycles. The second kappa shape index (κ2) is 9.35. The van der Waals surface area contributed by atoms with Gasteiger partial charge in [-0.25, -0.2) is 9.97 Å². The van der Waals surface area contributed by atoms with Crippen molar-refractivity contribution in [1.82, 2.24) is 14.9 Å². The van der Waals surface area contributed by atoms with Crippen LogP contribution in [0.4, 0.5) is 11.6 Å². The van der Waals surface area contributed by atoms with Gasteiger partial charge < -0.3 is 15.5 Å². The van der Waals surface area contributed by atoms with Crippen LogP contribution in [0.25, 0.3) is 11.4 Å². The topological polar surface area (TPSA) is 53.1 Å². The Kier molecular flexibility index (Phi) is 6.63. The van der Waals surface area contributed by atoms with Crippen molar-refractivity contribution in [3.05, 3.63) is 71.2 Å². The average molecular weight is 382 g/mol. The fourth-order valence-corrected chi connectivity index (χ4v) is 2.78. The molecule has 0 aliphatic rings. The van der Waals surface area contributed by atoms with Crippen LogP contribution in [0.15, 0.2) is 60.7 Å². The molecule has 1 aromatic heterocycles. The SMILES string of the molecule is CN(C)CCNc1cc(NCc2ccccc2Cl)nc(-c2ccccc2)n1. The van der Waals surface area contributed by atoms with E-state index in [0.29, 0.717) is 12.4 Å². The minimum absolute atomic E-state index is 0.599. The van der Waals surface area contributed by atoms with E-state index in [1.54, 1.807) is 0 Å². The smallest absolute Gasteiger partial charge is 0.163 e. The van der Waals surface area contributed by atoms with E-state index in [1.165, 1.54) is 0 Å². The lowest BCUT2D eigenvalue weighted by atomic mass is 10.2. The number of rotatable bonds is 8. The van der Waals surface area contributed by atoms with Crippen molar-refractivity contribution in [2.75, 3.05) is 37.8 Å². The van der Waals surface area contributed by atoms with Crippen molar-refractivity contribution in [3.8, 4) is 11.4 Å². The predicted molar refractivity (Wildman–Crippen MR) is 113 cm³/mol. The summed E-state index contributed by atoms with van der Waals surface area (Å²) in [5.41, 5.74) is 2.01. The first-order valence-corrected chi connectivity index (χ1v) is 9.30. The summed E-state index contributed by atoms with van der Waals surface area (Å²) in [5.74, 6) is 2.25. The van der Waals surface area contributed by atoms with Gasteiger partial charge in [0.05, 0.1) is 0 Å². The molecule has 0 saturated carbocycles. The van der Waals surface area contributed by atoms with Gasteiger partial charge >= 0.3 is 0 Å². The van der Waals surface area contributed by atoms with Crippen LogP contribution >= 0.6 is 11.6 Å². The molecule has 3 rings (SSSR count). The quantitative estimate of drug-likeness (QED) is 0.606. The van der Waals surface area contributed by atoms with Crippen molar-refractivity contribution in [2.24, 2.45) is 0 Å². The first kappa shape index (κ1) is 19.1. The first-order valence-electron chi connectivity index (χ1n) is 8.92. The molecule has 140 valence electrons. The third-order valence-electron chi connectivity index (χ3n) is 4.04. The number of hydrogen-bond acceptors (Lipinski definition) is 5. The highest BCUT2D eigenvalue weighted by Gasteiger charge is 2.08. The van der Waals surface area contributed by atoms with Gasteiger partial charge in [0.15, 0.2) is 5.82 Å². The predicted octanol–water partition coefficient (Wildman–Crippen LogP) is 4.38. The molecule has 6 heteroatoms. The second-order valence-corrected chi connectivity index (χ2v) is 6.91. The third-order valence-corrected chi connectivity index (χ3v) is 4.41. The van der Waals surface area contributed by atoms with Crippen LogP contribution in [-0.2, 0) is 6.54 Å². The van der Waals surface area contributed by atoms with Crippen molar-refractivity contribution in [2.45, 2.75) is 6.54 Å². The minimum Gasteiger partial charge on any atom is -0.369 e. The van der Waals surface area contributed by atoms with Gasteiger partial charge in [-0.1, -0.05) is 60.1 Å². The highest BCUT2D eigenvalue weighted by atomic mass is 35.5. The summed E-state index contributed by atoms with van der Waals surface area (Å²) in [4.78, 5) is 11.5. The zero-order valence-electron chi connectivity index (χ0n) is 15.6. The third kappa shape index (κ3) is 5.67. The van der Waals surface area contributed by atoms with Crippen molar-refractivity contribution >= 4 is 23.2 Å². The van der Waals surface area contributed by atoms with E-state index < -0.39 is 0 Å². The summed E-state index contributed by atoms with van der Waals surface area (Å²) < 4.78 is 0. The lowest BCUT2D eigenvalue weighted by Crippen LogP contribution is -2.21. The average Bonchev–Trinajstić information content (AvgIpc) is 2.68. The van der Waals surface area contributed by atoms with Crippen LogP contribution in [0.5, 0.6) is 0 Å². The Morgan fingerprint density at radius 3 is 2.26 bits per heavy atom. The Balaban J connectivity index is 1.81. The largest absolute Gasteiger partial charge is 0.369 e. The van der Waals surface area contributed by atoms with Gasteiger partial charge in [-0.15, -0.1) is 0 Å². The number of anilines is 2. The summed E-state index contributed by atoms with van der Waals surface area (Å²) in [6, 6.07) is 19.7. The Hall–Kier alpha value is -2.63. The Morgan fingerprint density at radius 2 is 1.56 bits per heavy atom. The Bertz CT molecular complexity index is 867. The van der Waals surface area contributed by atoms with E-state index in [0.717, 1.165) is 40.9 Å². The van der Waals surface area contributed by atoms with Gasteiger partial charge in [0.2, 0.25) is 0 Å². The molecule has 2 N–H and O–H groups in total. The van der Waals surface area contributed by atoms with E-state index in [9.17, 15) is 0 Å². The Morgan fingerprint density at radius 1 is 0.889 bits per heavy atom. The molecule has 0 bridgehead atoms. The van der Waals surface area contributed by atoms with Crippen LogP contribution in [-0.4, -0.2) is 42.1 Å². The van der Waals surface area contributed by atoms with Gasteiger partial charge in [-0.05, 0) is 25.7 Å². The van der Waals surface area contributed by atoms with Crippen molar-refractivity contribution < 1.29 is 0 Å². The number of aromatic nitrogens is 2. The first-order chi connectivity index (χ1) is 13.1. The molecule has 3 aromatic rings. The maximum Gasteiger partial charge on any atom is 0.163 e. The molecule has 2 aromatic carbocycles. The van der Waals surface area contributed by atoms with Crippen LogP contribution in [0.2, 0.25) is 5.02 Å². The summed E-state index contributed by atoms with van der Waals surface area (Å²) >= 11 is 6.26. The second-order valence-electron chi connectivity index (χ2n) is 6.50. The molecule has 5 nitrogen and oxygen atoms in total. The highest BCUT2D eigenvalue weighted by molar-refractivity contribution is 6.31. The molecule has 0 atom stereocenters. The molecule has 0 aliphatic heterocycles. The van der Waals surface area contributed by atoms with Gasteiger partial charge in [0.1, 0.15) is 11.6 Å². The zero-order chi connectivity index (χ0) is 19.1. The molecule has 1 heterocycles. The number of halogens is 1. The molecule has 27 heavy (non-hydrogen) atoms. The van der Waals surface area contributed by atoms with Crippen LogP contribution in [0.3, 0.4) is 0 Å². The lowest BCUT2D eigenvalue weighted by molar-refractivity contribution is 0.425. The maximum atomic E-state index is 6.26. The minimum atomic E-state index is 0.599. The maximum absolute atomic E-state index is 6.26. The normalized spacial score (nSPS) is 10.8. The standard InChI is InChI=1S/C21H24ClN5/c1-27(2)13-12-23-19-14-20(24-15-17-10-6-7-11-18(17)22)26-21(25-19)16-8-4-3-5-9-16/h3-11,14H,12-13,15H2,1-2H3,(H2,23,24,25,26). The molecule has 0 fully saturated rings. The summed E-state index contributed by atoms with van der Waals surface area (Å²) in [7, 11) is 4.10. The van der Waals surface area contributed by atoms with Gasteiger partial charge in [0, 0.05) is 36.3 Å². The summed E-state index contributed by atoms with van der Waals surface area (Å²) in [6.45, 7) is 2.33. The number of likely N-dealkylation sites (N-methyl/N-ethyl adjacent to an activating group) is 1. The summed E-state index contributed by atoms with van der Waals surface area (Å²) in [6.07, 6.45) is 0. The van der Waals surface area contributed by atoms with E-state index in [2.05, 4.69) is 25.5 Å². The Labute approximate surface area is 165 Å². The van der Waals surface area contributed by atoms with Crippen LogP contribution in [0, 0.1) is 0 Å². The zero-order valence-corrected chi connectivity index (χ0v) is 16.4. The molecular formula is C21H24ClN5. The van der Waals surface area contributed by atoms with Crippen LogP contribution < -0.4 is 10.6 Å². The number of nitrogens with zero attached hydrogens (tertiary/aromatic N) is 3. The molecule has 0 amide bonds. The molecular weight excluding hydrogens is 358 g/mol. The molecule has 0 radical (unpaired) electrons. The van der Waals surface area contributed by atoms with Gasteiger partial charge in [-0.3, -0.25) is 0 Å². The number of hydrogen-bond donors (Lipinski definition) is 2. The highest BCUT2D eigenvalue weighted by Crippen LogP contribution is 2.21. The van der Waals surface area contributed by atoms with Crippen LogP contribution in [0.1, 0.15) is 5.56 Å². The number of benzene rings is 2.